The van der Waals surface area contributed by atoms with Crippen molar-refractivity contribution in [3.63, 3.8) is 0 Å². The number of aliphatic hydroxyl groups is 1. The lowest BCUT2D eigenvalue weighted by Crippen LogP contribution is -2.15. The second kappa shape index (κ2) is 6.23. The summed E-state index contributed by atoms with van der Waals surface area (Å²) in [6.07, 6.45) is 0. The molecule has 0 radical (unpaired) electrons. The molecule has 2 rings (SSSR count). The Balaban J connectivity index is 2.20. The highest BCUT2D eigenvalue weighted by Gasteiger charge is 2.12. The van der Waals surface area contributed by atoms with Crippen LogP contribution in [0.5, 0.6) is 0 Å². The van der Waals surface area contributed by atoms with Crippen molar-refractivity contribution in [2.24, 2.45) is 0 Å². The number of rotatable bonds is 4. The summed E-state index contributed by atoms with van der Waals surface area (Å²) in [6, 6.07) is 15.1. The minimum atomic E-state index is -0.151. The summed E-state index contributed by atoms with van der Waals surface area (Å²) < 4.78 is 0.977. The van der Waals surface area contributed by atoms with Gasteiger partial charge in [-0.05, 0) is 35.9 Å². The van der Waals surface area contributed by atoms with E-state index in [-0.39, 0.29) is 12.6 Å². The molecule has 0 bridgehead atoms. The molecule has 0 aromatic heterocycles. The van der Waals surface area contributed by atoms with E-state index < -0.39 is 0 Å². The third-order valence-corrected chi connectivity index (χ3v) is 3.62. The van der Waals surface area contributed by atoms with Crippen molar-refractivity contribution < 1.29 is 5.11 Å². The van der Waals surface area contributed by atoms with Crippen molar-refractivity contribution in [1.82, 2.24) is 0 Å². The van der Waals surface area contributed by atoms with Crippen molar-refractivity contribution in [2.45, 2.75) is 6.04 Å². The average Bonchev–Trinajstić information content (AvgIpc) is 2.39. The van der Waals surface area contributed by atoms with Gasteiger partial charge in [0.1, 0.15) is 0 Å². The van der Waals surface area contributed by atoms with Gasteiger partial charge in [0, 0.05) is 15.2 Å². The average molecular weight is 327 g/mol. The summed E-state index contributed by atoms with van der Waals surface area (Å²) in [5.41, 5.74) is 1.95. The van der Waals surface area contributed by atoms with Crippen molar-refractivity contribution in [3.05, 3.63) is 63.6 Å². The minimum Gasteiger partial charge on any atom is -0.394 e. The fourth-order valence-corrected chi connectivity index (χ4v) is 2.41. The topological polar surface area (TPSA) is 32.3 Å². The highest BCUT2D eigenvalue weighted by molar-refractivity contribution is 9.10. The summed E-state index contributed by atoms with van der Waals surface area (Å²) in [6.45, 7) is 0.0191. The first kappa shape index (κ1) is 13.4. The number of benzene rings is 2. The normalized spacial score (nSPS) is 12.2. The van der Waals surface area contributed by atoms with Gasteiger partial charge in [0.2, 0.25) is 0 Å². The first-order valence-electron chi connectivity index (χ1n) is 5.58. The van der Waals surface area contributed by atoms with Crippen LogP contribution in [0, 0.1) is 0 Å². The molecule has 94 valence electrons. The standard InChI is InChI=1S/C14H13BrClNO/c15-13-4-2-1-3-12(13)14(9-18)17-11-7-5-10(16)6-8-11/h1-8,14,17-18H,9H2. The van der Waals surface area contributed by atoms with E-state index in [4.69, 9.17) is 11.6 Å². The van der Waals surface area contributed by atoms with Gasteiger partial charge in [-0.1, -0.05) is 45.7 Å². The molecule has 0 fully saturated rings. The van der Waals surface area contributed by atoms with Crippen LogP contribution in [-0.2, 0) is 0 Å². The van der Waals surface area contributed by atoms with E-state index in [1.165, 1.54) is 0 Å². The molecular formula is C14H13BrClNO. The second-order valence-electron chi connectivity index (χ2n) is 3.91. The SMILES string of the molecule is OCC(Nc1ccc(Cl)cc1)c1ccccc1Br. The maximum absolute atomic E-state index is 9.51. The number of hydrogen-bond acceptors (Lipinski definition) is 2. The number of hydrogen-bond donors (Lipinski definition) is 2. The van der Waals surface area contributed by atoms with E-state index in [2.05, 4.69) is 21.2 Å². The lowest BCUT2D eigenvalue weighted by atomic mass is 10.1. The van der Waals surface area contributed by atoms with E-state index in [0.29, 0.717) is 5.02 Å². The van der Waals surface area contributed by atoms with E-state index in [9.17, 15) is 5.11 Å². The Hall–Kier alpha value is -1.03. The molecule has 0 saturated carbocycles. The highest BCUT2D eigenvalue weighted by atomic mass is 79.9. The zero-order chi connectivity index (χ0) is 13.0. The van der Waals surface area contributed by atoms with Gasteiger partial charge in [-0.15, -0.1) is 0 Å². The van der Waals surface area contributed by atoms with Gasteiger partial charge in [0.05, 0.1) is 12.6 Å². The largest absolute Gasteiger partial charge is 0.394 e. The summed E-state index contributed by atoms with van der Waals surface area (Å²) in [5.74, 6) is 0. The van der Waals surface area contributed by atoms with Crippen LogP contribution in [0.4, 0.5) is 5.69 Å². The van der Waals surface area contributed by atoms with Gasteiger partial charge in [-0.25, -0.2) is 0 Å². The minimum absolute atomic E-state index is 0.0191. The smallest absolute Gasteiger partial charge is 0.0755 e. The molecule has 0 spiro atoms. The van der Waals surface area contributed by atoms with Crippen molar-refractivity contribution >= 4 is 33.2 Å². The molecule has 0 aliphatic rings. The second-order valence-corrected chi connectivity index (χ2v) is 5.20. The summed E-state index contributed by atoms with van der Waals surface area (Å²) in [4.78, 5) is 0. The maximum atomic E-state index is 9.51. The highest BCUT2D eigenvalue weighted by Crippen LogP contribution is 2.26. The summed E-state index contributed by atoms with van der Waals surface area (Å²) >= 11 is 9.33. The monoisotopic (exact) mass is 325 g/mol. The predicted molar refractivity (Wildman–Crippen MR) is 79.0 cm³/mol. The molecule has 2 aromatic rings. The number of nitrogens with one attached hydrogen (secondary N) is 1. The van der Waals surface area contributed by atoms with E-state index in [1.807, 2.05) is 48.5 Å². The third-order valence-electron chi connectivity index (χ3n) is 2.65. The molecule has 2 N–H and O–H groups in total. The Morgan fingerprint density at radius 3 is 2.39 bits per heavy atom. The Morgan fingerprint density at radius 2 is 1.78 bits per heavy atom. The molecule has 1 atom stereocenters. The fourth-order valence-electron chi connectivity index (χ4n) is 1.73. The van der Waals surface area contributed by atoms with Gasteiger partial charge in [0.25, 0.3) is 0 Å². The van der Waals surface area contributed by atoms with Crippen molar-refractivity contribution in [3.8, 4) is 0 Å². The summed E-state index contributed by atoms with van der Waals surface area (Å²) in [5, 5.41) is 13.5. The number of halogens is 2. The van der Waals surface area contributed by atoms with E-state index >= 15 is 0 Å². The third kappa shape index (κ3) is 3.25. The van der Waals surface area contributed by atoms with E-state index in [0.717, 1.165) is 15.7 Å². The lowest BCUT2D eigenvalue weighted by Gasteiger charge is -2.19. The van der Waals surface area contributed by atoms with Crippen LogP contribution < -0.4 is 5.32 Å². The van der Waals surface area contributed by atoms with Gasteiger partial charge >= 0.3 is 0 Å². The van der Waals surface area contributed by atoms with Gasteiger partial charge < -0.3 is 10.4 Å². The predicted octanol–water partition coefficient (Wildman–Crippen LogP) is 4.25. The van der Waals surface area contributed by atoms with Gasteiger partial charge in [0.15, 0.2) is 0 Å². The lowest BCUT2D eigenvalue weighted by molar-refractivity contribution is 0.276. The van der Waals surface area contributed by atoms with Crippen molar-refractivity contribution in [1.29, 1.82) is 0 Å². The molecular weight excluding hydrogens is 314 g/mol. The van der Waals surface area contributed by atoms with Crippen LogP contribution in [0.15, 0.2) is 53.0 Å². The zero-order valence-electron chi connectivity index (χ0n) is 9.61. The first-order chi connectivity index (χ1) is 8.70. The molecule has 2 nitrogen and oxygen atoms in total. The van der Waals surface area contributed by atoms with Crippen molar-refractivity contribution in [2.75, 3.05) is 11.9 Å². The van der Waals surface area contributed by atoms with Crippen LogP contribution in [0.1, 0.15) is 11.6 Å². The van der Waals surface area contributed by atoms with Crippen LogP contribution in [0.2, 0.25) is 5.02 Å². The Kier molecular flexibility index (Phi) is 4.64. The molecule has 0 saturated heterocycles. The molecule has 4 heteroatoms. The molecule has 0 aliphatic carbocycles. The maximum Gasteiger partial charge on any atom is 0.0755 e. The molecule has 0 heterocycles. The molecule has 18 heavy (non-hydrogen) atoms. The Morgan fingerprint density at radius 1 is 1.11 bits per heavy atom. The molecule has 0 amide bonds. The number of aliphatic hydroxyl groups excluding tert-OH is 1. The van der Waals surface area contributed by atoms with Crippen LogP contribution >= 0.6 is 27.5 Å². The van der Waals surface area contributed by atoms with E-state index in [1.54, 1.807) is 0 Å². The van der Waals surface area contributed by atoms with Gasteiger partial charge in [-0.2, -0.15) is 0 Å². The summed E-state index contributed by atoms with van der Waals surface area (Å²) in [7, 11) is 0. The Bertz CT molecular complexity index is 515. The molecule has 1 unspecified atom stereocenters. The number of anilines is 1. The van der Waals surface area contributed by atoms with Crippen LogP contribution in [0.25, 0.3) is 0 Å². The quantitative estimate of drug-likeness (QED) is 0.880. The molecule has 2 aromatic carbocycles. The Labute approximate surface area is 120 Å². The van der Waals surface area contributed by atoms with Crippen LogP contribution in [0.3, 0.4) is 0 Å². The molecule has 0 aliphatic heterocycles. The van der Waals surface area contributed by atoms with Crippen LogP contribution in [-0.4, -0.2) is 11.7 Å². The zero-order valence-corrected chi connectivity index (χ0v) is 11.9. The first-order valence-corrected chi connectivity index (χ1v) is 6.75. The fraction of sp³-hybridized carbons (Fsp3) is 0.143. The van der Waals surface area contributed by atoms with Gasteiger partial charge in [-0.3, -0.25) is 0 Å².